The number of nitrogens with one attached hydrogen (secondary N) is 1. The molecule has 2 heterocycles. The van der Waals surface area contributed by atoms with Crippen LogP contribution in [0, 0.1) is 6.92 Å². The largest absolute Gasteiger partial charge is 0.353 e. The summed E-state index contributed by atoms with van der Waals surface area (Å²) < 4.78 is 0. The van der Waals surface area contributed by atoms with Crippen molar-refractivity contribution in [2.75, 3.05) is 37.6 Å². The molecule has 6 heteroatoms. The van der Waals surface area contributed by atoms with E-state index in [1.807, 2.05) is 49.4 Å². The minimum absolute atomic E-state index is 0.0381. The summed E-state index contributed by atoms with van der Waals surface area (Å²) in [6, 6.07) is 13.6. The van der Waals surface area contributed by atoms with Crippen molar-refractivity contribution in [3.05, 3.63) is 59.8 Å². The molecule has 2 aromatic rings. The normalized spacial score (nSPS) is 14.2. The summed E-state index contributed by atoms with van der Waals surface area (Å²) in [5.74, 6) is 0.773. The average Bonchev–Trinajstić information content (AvgIpc) is 2.69. The number of anilines is 1. The molecule has 0 bridgehead atoms. The fourth-order valence-corrected chi connectivity index (χ4v) is 3.06. The Balaban J connectivity index is 1.43. The number of hydrogen-bond donors (Lipinski definition) is 1. The van der Waals surface area contributed by atoms with Crippen LogP contribution in [0.3, 0.4) is 0 Å². The van der Waals surface area contributed by atoms with Crippen LogP contribution in [-0.4, -0.2) is 54.4 Å². The molecule has 0 aliphatic carbocycles. The number of benzene rings is 1. The Morgan fingerprint density at radius 3 is 2.46 bits per heavy atom. The van der Waals surface area contributed by atoms with Gasteiger partial charge in [0.2, 0.25) is 11.8 Å². The van der Waals surface area contributed by atoms with Gasteiger partial charge in [0.05, 0.1) is 13.0 Å². The fraction of sp³-hybridized carbons (Fsp3) is 0.350. The van der Waals surface area contributed by atoms with Crippen LogP contribution >= 0.6 is 0 Å². The van der Waals surface area contributed by atoms with Crippen LogP contribution < -0.4 is 10.2 Å². The molecule has 0 radical (unpaired) electrons. The lowest BCUT2D eigenvalue weighted by Crippen LogP contribution is -2.51. The molecular formula is C20H24N4O2. The highest BCUT2D eigenvalue weighted by Crippen LogP contribution is 2.12. The van der Waals surface area contributed by atoms with E-state index >= 15 is 0 Å². The number of piperazine rings is 1. The molecule has 26 heavy (non-hydrogen) atoms. The molecule has 1 fully saturated rings. The topological polar surface area (TPSA) is 65.5 Å². The number of pyridine rings is 1. The van der Waals surface area contributed by atoms with Crippen molar-refractivity contribution in [1.82, 2.24) is 15.2 Å². The van der Waals surface area contributed by atoms with E-state index in [9.17, 15) is 9.59 Å². The molecule has 1 aliphatic heterocycles. The lowest BCUT2D eigenvalue weighted by molar-refractivity contribution is -0.133. The van der Waals surface area contributed by atoms with Crippen molar-refractivity contribution in [2.45, 2.75) is 13.3 Å². The molecule has 1 aromatic heterocycles. The molecular weight excluding hydrogens is 328 g/mol. The van der Waals surface area contributed by atoms with Crippen molar-refractivity contribution in [1.29, 1.82) is 0 Å². The molecule has 0 saturated carbocycles. The first kappa shape index (κ1) is 17.9. The van der Waals surface area contributed by atoms with Crippen molar-refractivity contribution in [3.63, 3.8) is 0 Å². The van der Waals surface area contributed by atoms with Crippen LogP contribution in [0.25, 0.3) is 0 Å². The number of carbonyl (C=O) groups excluding carboxylic acids is 2. The van der Waals surface area contributed by atoms with Gasteiger partial charge in [-0.1, -0.05) is 30.3 Å². The molecule has 0 atom stereocenters. The van der Waals surface area contributed by atoms with E-state index in [-0.39, 0.29) is 18.4 Å². The van der Waals surface area contributed by atoms with E-state index in [2.05, 4.69) is 15.2 Å². The zero-order valence-electron chi connectivity index (χ0n) is 15.0. The summed E-state index contributed by atoms with van der Waals surface area (Å²) in [5, 5.41) is 2.74. The summed E-state index contributed by atoms with van der Waals surface area (Å²) in [7, 11) is 0. The van der Waals surface area contributed by atoms with Gasteiger partial charge in [-0.3, -0.25) is 9.59 Å². The van der Waals surface area contributed by atoms with Gasteiger partial charge in [0.15, 0.2) is 0 Å². The predicted octanol–water partition coefficient (Wildman–Crippen LogP) is 1.40. The lowest BCUT2D eigenvalue weighted by Gasteiger charge is -2.35. The highest BCUT2D eigenvalue weighted by Gasteiger charge is 2.22. The van der Waals surface area contributed by atoms with Crippen LogP contribution in [-0.2, 0) is 16.0 Å². The number of nitrogens with zero attached hydrogens (tertiary/aromatic N) is 3. The van der Waals surface area contributed by atoms with E-state index in [1.54, 1.807) is 11.1 Å². The second-order valence-electron chi connectivity index (χ2n) is 6.44. The van der Waals surface area contributed by atoms with Crippen LogP contribution in [0.15, 0.2) is 48.7 Å². The maximum Gasteiger partial charge on any atom is 0.242 e. The highest BCUT2D eigenvalue weighted by atomic mass is 16.2. The van der Waals surface area contributed by atoms with Gasteiger partial charge in [-0.15, -0.1) is 0 Å². The number of hydrogen-bond acceptors (Lipinski definition) is 4. The molecule has 1 N–H and O–H groups in total. The van der Waals surface area contributed by atoms with Crippen molar-refractivity contribution >= 4 is 17.6 Å². The van der Waals surface area contributed by atoms with Gasteiger partial charge >= 0.3 is 0 Å². The van der Waals surface area contributed by atoms with E-state index in [4.69, 9.17) is 0 Å². The van der Waals surface area contributed by atoms with Crippen molar-refractivity contribution in [2.24, 2.45) is 0 Å². The van der Waals surface area contributed by atoms with Gasteiger partial charge in [-0.2, -0.15) is 0 Å². The van der Waals surface area contributed by atoms with E-state index in [0.29, 0.717) is 19.5 Å². The maximum absolute atomic E-state index is 12.3. The Hall–Kier alpha value is -2.89. The number of aryl methyl sites for hydroxylation is 1. The third kappa shape index (κ3) is 4.59. The van der Waals surface area contributed by atoms with Gasteiger partial charge < -0.3 is 15.1 Å². The van der Waals surface area contributed by atoms with Crippen LogP contribution in [0.1, 0.15) is 11.1 Å². The molecule has 1 saturated heterocycles. The summed E-state index contributed by atoms with van der Waals surface area (Å²) in [6.45, 7) is 4.81. The van der Waals surface area contributed by atoms with Crippen LogP contribution in [0.4, 0.5) is 5.82 Å². The first-order valence-electron chi connectivity index (χ1n) is 8.88. The molecule has 6 nitrogen and oxygen atoms in total. The molecule has 1 aliphatic rings. The number of amides is 2. The minimum atomic E-state index is -0.125. The van der Waals surface area contributed by atoms with Gasteiger partial charge in [0, 0.05) is 32.4 Å². The Labute approximate surface area is 153 Å². The number of carbonyl (C=O) groups is 2. The Morgan fingerprint density at radius 2 is 1.77 bits per heavy atom. The zero-order valence-corrected chi connectivity index (χ0v) is 15.0. The Morgan fingerprint density at radius 1 is 1.04 bits per heavy atom. The Bertz CT molecular complexity index is 755. The predicted molar refractivity (Wildman–Crippen MR) is 101 cm³/mol. The van der Waals surface area contributed by atoms with Gasteiger partial charge in [0.1, 0.15) is 5.82 Å². The second kappa shape index (κ2) is 8.47. The molecule has 0 unspecified atom stereocenters. The standard InChI is InChI=1S/C20H24N4O2/c1-16-6-2-3-7-17(16)14-19(25)22-15-20(26)24-12-10-23(11-13-24)18-8-4-5-9-21-18/h2-9H,10-15H2,1H3,(H,22,25). The van der Waals surface area contributed by atoms with Crippen LogP contribution in [0.2, 0.25) is 0 Å². The zero-order chi connectivity index (χ0) is 18.4. The molecule has 3 rings (SSSR count). The third-order valence-electron chi connectivity index (χ3n) is 4.65. The van der Waals surface area contributed by atoms with E-state index in [0.717, 1.165) is 30.0 Å². The smallest absolute Gasteiger partial charge is 0.242 e. The first-order valence-corrected chi connectivity index (χ1v) is 8.88. The number of aromatic nitrogens is 1. The first-order chi connectivity index (χ1) is 12.6. The summed E-state index contributed by atoms with van der Waals surface area (Å²) >= 11 is 0. The van der Waals surface area contributed by atoms with Crippen LogP contribution in [0.5, 0.6) is 0 Å². The minimum Gasteiger partial charge on any atom is -0.353 e. The molecule has 2 amide bonds. The third-order valence-corrected chi connectivity index (χ3v) is 4.65. The monoisotopic (exact) mass is 352 g/mol. The van der Waals surface area contributed by atoms with Crippen molar-refractivity contribution in [3.8, 4) is 0 Å². The Kier molecular flexibility index (Phi) is 5.84. The maximum atomic E-state index is 12.3. The SMILES string of the molecule is Cc1ccccc1CC(=O)NCC(=O)N1CCN(c2ccccn2)CC1. The van der Waals surface area contributed by atoms with Gasteiger partial charge in [-0.05, 0) is 30.2 Å². The van der Waals surface area contributed by atoms with Gasteiger partial charge in [-0.25, -0.2) is 4.98 Å². The quantitative estimate of drug-likeness (QED) is 0.883. The molecule has 136 valence electrons. The summed E-state index contributed by atoms with van der Waals surface area (Å²) in [5.41, 5.74) is 2.07. The number of rotatable bonds is 5. The molecule has 0 spiro atoms. The van der Waals surface area contributed by atoms with E-state index in [1.165, 1.54) is 0 Å². The summed E-state index contributed by atoms with van der Waals surface area (Å²) in [4.78, 5) is 32.7. The molecule has 1 aromatic carbocycles. The fourth-order valence-electron chi connectivity index (χ4n) is 3.06. The summed E-state index contributed by atoms with van der Waals surface area (Å²) in [6.07, 6.45) is 2.07. The highest BCUT2D eigenvalue weighted by molar-refractivity contribution is 5.86. The lowest BCUT2D eigenvalue weighted by atomic mass is 10.1. The average molecular weight is 352 g/mol. The van der Waals surface area contributed by atoms with Crippen molar-refractivity contribution < 1.29 is 9.59 Å². The van der Waals surface area contributed by atoms with E-state index < -0.39 is 0 Å². The van der Waals surface area contributed by atoms with Gasteiger partial charge in [0.25, 0.3) is 0 Å². The second-order valence-corrected chi connectivity index (χ2v) is 6.44.